The number of rotatable bonds is 1. The Kier molecular flexibility index (Phi) is 5.89. The Labute approximate surface area is 69.6 Å². The van der Waals surface area contributed by atoms with E-state index in [1.165, 1.54) is 6.42 Å². The van der Waals surface area contributed by atoms with Gasteiger partial charge in [-0.25, -0.2) is 0 Å². The van der Waals surface area contributed by atoms with Crippen LogP contribution in [0.25, 0.3) is 0 Å². The van der Waals surface area contributed by atoms with Gasteiger partial charge < -0.3 is 0 Å². The van der Waals surface area contributed by atoms with Crippen molar-refractivity contribution in [3.63, 3.8) is 0 Å². The van der Waals surface area contributed by atoms with Gasteiger partial charge in [-0.2, -0.15) is 0 Å². The minimum Gasteiger partial charge on any atom is -0.0628 e. The van der Waals surface area contributed by atoms with Crippen LogP contribution in [-0.2, 0) is 16.8 Å². The summed E-state index contributed by atoms with van der Waals surface area (Å²) in [5.41, 5.74) is 0.522. The molecule has 1 radical (unpaired) electrons. The molecule has 0 heterocycles. The summed E-state index contributed by atoms with van der Waals surface area (Å²) < 4.78 is 0. The fraction of sp³-hybridized carbons (Fsp3) is 1.00. The van der Waals surface area contributed by atoms with Crippen LogP contribution in [0, 0.1) is 11.3 Å². The second kappa shape index (κ2) is 4.34. The first-order chi connectivity index (χ1) is 3.42. The minimum absolute atomic E-state index is 0. The second-order valence-electron chi connectivity index (χ2n) is 4.16. The van der Waals surface area contributed by atoms with Gasteiger partial charge in [0.2, 0.25) is 0 Å². The molecule has 0 rings (SSSR count). The monoisotopic (exact) mass is 173 g/mol. The molecule has 0 bridgehead atoms. The van der Waals surface area contributed by atoms with E-state index in [2.05, 4.69) is 34.6 Å². The average Bonchev–Trinajstić information content (AvgIpc) is 1.21. The van der Waals surface area contributed by atoms with Crippen molar-refractivity contribution in [1.29, 1.82) is 0 Å². The fourth-order valence-corrected chi connectivity index (χ4v) is 1.22. The summed E-state index contributed by atoms with van der Waals surface area (Å²) >= 11 is 0. The predicted molar refractivity (Wildman–Crippen MR) is 38.9 cm³/mol. The third-order valence-corrected chi connectivity index (χ3v) is 1.02. The van der Waals surface area contributed by atoms with Crippen LogP contribution in [0.5, 0.6) is 0 Å². The molecule has 0 saturated heterocycles. The van der Waals surface area contributed by atoms with E-state index in [-0.39, 0.29) is 16.8 Å². The van der Waals surface area contributed by atoms with Crippen molar-refractivity contribution in [2.75, 3.05) is 0 Å². The van der Waals surface area contributed by atoms with Gasteiger partial charge in [0, 0.05) is 16.8 Å². The van der Waals surface area contributed by atoms with Crippen LogP contribution in [0.15, 0.2) is 0 Å². The minimum atomic E-state index is 0. The maximum atomic E-state index is 2.28. The topological polar surface area (TPSA) is 0 Å². The molecule has 0 N–H and O–H groups in total. The number of hydrogen-bond acceptors (Lipinski definition) is 0. The van der Waals surface area contributed by atoms with E-state index in [0.29, 0.717) is 5.41 Å². The maximum Gasteiger partial charge on any atom is 0 e. The molecule has 1 heteroatoms. The molecule has 0 saturated carbocycles. The van der Waals surface area contributed by atoms with Gasteiger partial charge in [0.25, 0.3) is 0 Å². The van der Waals surface area contributed by atoms with Gasteiger partial charge in [0.15, 0.2) is 0 Å². The van der Waals surface area contributed by atoms with Crippen LogP contribution in [0.1, 0.15) is 41.0 Å². The molecule has 0 aliphatic heterocycles. The van der Waals surface area contributed by atoms with Crippen molar-refractivity contribution >= 4 is 0 Å². The van der Waals surface area contributed by atoms with Gasteiger partial charge in [-0.3, -0.25) is 0 Å². The molecule has 0 aliphatic carbocycles. The molecule has 0 fully saturated rings. The smallest absolute Gasteiger partial charge is 0 e. The standard InChI is InChI=1S/C8H18.Co/c1-7(2)6-8(3,4)5;/h7H,6H2,1-5H3;. The van der Waals surface area contributed by atoms with Gasteiger partial charge in [0.05, 0.1) is 0 Å². The van der Waals surface area contributed by atoms with Gasteiger partial charge in [-0.1, -0.05) is 34.6 Å². The summed E-state index contributed by atoms with van der Waals surface area (Å²) in [5, 5.41) is 0. The van der Waals surface area contributed by atoms with Crippen molar-refractivity contribution in [2.24, 2.45) is 11.3 Å². The van der Waals surface area contributed by atoms with Gasteiger partial charge in [0.1, 0.15) is 0 Å². The van der Waals surface area contributed by atoms with E-state index >= 15 is 0 Å². The molecule has 0 unspecified atom stereocenters. The number of hydrogen-bond donors (Lipinski definition) is 0. The third-order valence-electron chi connectivity index (χ3n) is 1.02. The van der Waals surface area contributed by atoms with E-state index in [0.717, 1.165) is 5.92 Å². The molecular formula is C8H18Co. The zero-order chi connectivity index (χ0) is 6.78. The first-order valence-corrected chi connectivity index (χ1v) is 3.42. The van der Waals surface area contributed by atoms with Crippen molar-refractivity contribution < 1.29 is 16.8 Å². The molecule has 0 atom stereocenters. The maximum absolute atomic E-state index is 2.28. The molecule has 0 nitrogen and oxygen atoms in total. The van der Waals surface area contributed by atoms with E-state index in [9.17, 15) is 0 Å². The largest absolute Gasteiger partial charge is 0.0628 e. The third kappa shape index (κ3) is 11.9. The quantitative estimate of drug-likeness (QED) is 0.571. The average molecular weight is 173 g/mol. The summed E-state index contributed by atoms with van der Waals surface area (Å²) in [6, 6.07) is 0. The van der Waals surface area contributed by atoms with Crippen LogP contribution in [0.2, 0.25) is 0 Å². The molecule has 0 aliphatic rings. The molecule has 0 aromatic heterocycles. The Hall–Kier alpha value is 0.506. The van der Waals surface area contributed by atoms with Gasteiger partial charge >= 0.3 is 0 Å². The predicted octanol–water partition coefficient (Wildman–Crippen LogP) is 3.08. The Morgan fingerprint density at radius 3 is 1.44 bits per heavy atom. The van der Waals surface area contributed by atoms with E-state index in [1.807, 2.05) is 0 Å². The first-order valence-electron chi connectivity index (χ1n) is 3.42. The molecule has 9 heavy (non-hydrogen) atoms. The summed E-state index contributed by atoms with van der Waals surface area (Å²) in [5.74, 6) is 0.843. The van der Waals surface area contributed by atoms with E-state index in [1.54, 1.807) is 0 Å². The second-order valence-corrected chi connectivity index (χ2v) is 4.16. The molecule has 0 amide bonds. The Morgan fingerprint density at radius 1 is 1.11 bits per heavy atom. The van der Waals surface area contributed by atoms with Crippen LogP contribution in [0.3, 0.4) is 0 Å². The SMILES string of the molecule is CC(C)CC(C)(C)C.[Co]. The Balaban J connectivity index is 0. The van der Waals surface area contributed by atoms with Crippen LogP contribution in [-0.4, -0.2) is 0 Å². The summed E-state index contributed by atoms with van der Waals surface area (Å²) in [6.45, 7) is 11.4. The summed E-state index contributed by atoms with van der Waals surface area (Å²) in [4.78, 5) is 0. The summed E-state index contributed by atoms with van der Waals surface area (Å²) in [6.07, 6.45) is 1.33. The zero-order valence-electron chi connectivity index (χ0n) is 7.12. The summed E-state index contributed by atoms with van der Waals surface area (Å²) in [7, 11) is 0. The molecule has 0 spiro atoms. The van der Waals surface area contributed by atoms with Crippen LogP contribution in [0.4, 0.5) is 0 Å². The van der Waals surface area contributed by atoms with E-state index < -0.39 is 0 Å². The van der Waals surface area contributed by atoms with Gasteiger partial charge in [-0.15, -0.1) is 0 Å². The molecule has 0 aromatic rings. The zero-order valence-corrected chi connectivity index (χ0v) is 8.16. The normalized spacial score (nSPS) is 11.3. The van der Waals surface area contributed by atoms with Crippen LogP contribution >= 0.6 is 0 Å². The Morgan fingerprint density at radius 2 is 1.44 bits per heavy atom. The van der Waals surface area contributed by atoms with Crippen molar-refractivity contribution in [3.8, 4) is 0 Å². The Bertz CT molecular complexity index is 59.5. The van der Waals surface area contributed by atoms with Crippen molar-refractivity contribution in [1.82, 2.24) is 0 Å². The van der Waals surface area contributed by atoms with Gasteiger partial charge in [-0.05, 0) is 17.8 Å². The van der Waals surface area contributed by atoms with Crippen molar-refractivity contribution in [2.45, 2.75) is 41.0 Å². The van der Waals surface area contributed by atoms with Crippen molar-refractivity contribution in [3.05, 3.63) is 0 Å². The van der Waals surface area contributed by atoms with Crippen LogP contribution < -0.4 is 0 Å². The molecule has 0 aromatic carbocycles. The first kappa shape index (κ1) is 12.2. The van der Waals surface area contributed by atoms with E-state index in [4.69, 9.17) is 0 Å². The fourth-order valence-electron chi connectivity index (χ4n) is 1.22. The molecular weight excluding hydrogens is 155 g/mol. The molecule has 59 valence electrons.